The normalized spacial score (nSPS) is 10.0. The Labute approximate surface area is 157 Å². The van der Waals surface area contributed by atoms with E-state index < -0.39 is 0 Å². The third-order valence-electron chi connectivity index (χ3n) is 3.31. The summed E-state index contributed by atoms with van der Waals surface area (Å²) in [7, 11) is 2.06. The van der Waals surface area contributed by atoms with E-state index in [0.29, 0.717) is 0 Å². The largest absolute Gasteiger partial charge is 1.00 e. The Bertz CT molecular complexity index is 716. The van der Waals surface area contributed by atoms with E-state index in [4.69, 9.17) is 0 Å². The molecule has 3 rings (SSSR count). The van der Waals surface area contributed by atoms with Crippen LogP contribution in [-0.4, -0.2) is 37.1 Å². The molecule has 0 saturated heterocycles. The van der Waals surface area contributed by atoms with Gasteiger partial charge in [0, 0.05) is 37.8 Å². The third kappa shape index (κ3) is 5.24. The van der Waals surface area contributed by atoms with Crippen LogP contribution in [0.4, 0.5) is 0 Å². The first kappa shape index (κ1) is 20.5. The van der Waals surface area contributed by atoms with Gasteiger partial charge in [-0.1, -0.05) is 30.0 Å². The lowest BCUT2D eigenvalue weighted by atomic mass is 10.3. The van der Waals surface area contributed by atoms with Crippen molar-refractivity contribution in [1.29, 1.82) is 0 Å². The predicted molar refractivity (Wildman–Crippen MR) is 87.0 cm³/mol. The highest BCUT2D eigenvalue weighted by Gasteiger charge is 2.08. The summed E-state index contributed by atoms with van der Waals surface area (Å²) in [6.07, 6.45) is 2.06. The van der Waals surface area contributed by atoms with Crippen molar-refractivity contribution < 1.29 is 24.8 Å². The zero-order valence-corrected chi connectivity index (χ0v) is 15.5. The molecule has 2 heterocycles. The Balaban J connectivity index is 0.00000144. The van der Waals surface area contributed by atoms with Gasteiger partial charge in [-0.2, -0.15) is 4.68 Å². The van der Waals surface area contributed by atoms with Gasteiger partial charge in [-0.3, -0.25) is 0 Å². The first-order chi connectivity index (χ1) is 10.8. The van der Waals surface area contributed by atoms with Gasteiger partial charge in [0.2, 0.25) is 5.16 Å². The number of benzene rings is 1. The molecule has 0 aliphatic rings. The van der Waals surface area contributed by atoms with Crippen molar-refractivity contribution >= 4 is 11.8 Å². The molecule has 1 aromatic carbocycles. The van der Waals surface area contributed by atoms with Crippen LogP contribution in [0.15, 0.2) is 53.8 Å². The smallest absolute Gasteiger partial charge is 0.214 e. The molecule has 3 aromatic rings. The average Bonchev–Trinajstić information content (AvgIpc) is 3.17. The van der Waals surface area contributed by atoms with Crippen LogP contribution >= 0.6 is 11.8 Å². The van der Waals surface area contributed by atoms with Gasteiger partial charge in [0.25, 0.3) is 0 Å². The van der Waals surface area contributed by atoms with Gasteiger partial charge in [-0.15, -0.1) is 5.10 Å². The van der Waals surface area contributed by atoms with Gasteiger partial charge in [0.15, 0.2) is 0 Å². The van der Waals surface area contributed by atoms with Crippen molar-refractivity contribution in [3.63, 3.8) is 0 Å². The monoisotopic (exact) mass is 384 g/mol. The fraction of sp³-hybridized carbons (Fsp3) is 0.267. The molecule has 0 saturated carbocycles. The van der Waals surface area contributed by atoms with Crippen LogP contribution in [0.25, 0.3) is 5.69 Å². The summed E-state index contributed by atoms with van der Waals surface area (Å²) in [5.41, 5.74) is 2.26. The molecular weight excluding hydrogens is 367 g/mol. The number of aromatic nitrogens is 5. The van der Waals surface area contributed by atoms with Crippen LogP contribution < -0.4 is 30.1 Å². The topological polar surface area (TPSA) is 60.6 Å². The summed E-state index contributed by atoms with van der Waals surface area (Å²) in [5.74, 6) is 0.914. The zero-order chi connectivity index (χ0) is 15.2. The highest BCUT2D eigenvalue weighted by atomic mass is 35.5. The number of aryl methyl sites for hydroxylation is 1. The number of nitrogens with one attached hydrogen (secondary N) is 1. The fourth-order valence-electron chi connectivity index (χ4n) is 2.11. The molecular formula is C15H18Cl2N6S-2. The maximum Gasteiger partial charge on any atom is 0.214 e. The summed E-state index contributed by atoms with van der Waals surface area (Å²) >= 11 is 1.65. The van der Waals surface area contributed by atoms with Crippen molar-refractivity contribution in [1.82, 2.24) is 30.1 Å². The van der Waals surface area contributed by atoms with E-state index >= 15 is 0 Å². The molecule has 0 amide bonds. The van der Waals surface area contributed by atoms with Crippen LogP contribution in [0.3, 0.4) is 0 Å². The molecule has 0 aliphatic carbocycles. The minimum absolute atomic E-state index is 0. The molecule has 0 fully saturated rings. The molecule has 0 atom stereocenters. The molecule has 24 heavy (non-hydrogen) atoms. The maximum atomic E-state index is 4.09. The average molecular weight is 385 g/mol. The number of rotatable bonds is 7. The van der Waals surface area contributed by atoms with Crippen LogP contribution in [0.1, 0.15) is 5.69 Å². The van der Waals surface area contributed by atoms with Crippen molar-refractivity contribution in [2.24, 2.45) is 7.05 Å². The summed E-state index contributed by atoms with van der Waals surface area (Å²) in [4.78, 5) is 0. The van der Waals surface area contributed by atoms with E-state index in [1.807, 2.05) is 30.3 Å². The van der Waals surface area contributed by atoms with E-state index in [1.165, 1.54) is 5.69 Å². The van der Waals surface area contributed by atoms with Crippen molar-refractivity contribution in [3.8, 4) is 5.69 Å². The van der Waals surface area contributed by atoms with Crippen LogP contribution in [-0.2, 0) is 13.6 Å². The van der Waals surface area contributed by atoms with E-state index in [0.717, 1.165) is 29.7 Å². The number of tetrazole rings is 1. The second-order valence-electron chi connectivity index (χ2n) is 4.84. The van der Waals surface area contributed by atoms with E-state index in [1.54, 1.807) is 16.4 Å². The van der Waals surface area contributed by atoms with Gasteiger partial charge in [0.05, 0.1) is 5.69 Å². The Kier molecular flexibility index (Phi) is 8.84. The van der Waals surface area contributed by atoms with E-state index in [-0.39, 0.29) is 24.8 Å². The summed E-state index contributed by atoms with van der Waals surface area (Å²) in [5, 5.41) is 16.1. The number of hydrogen-bond acceptors (Lipinski definition) is 5. The number of thioether (sulfide) groups is 1. The quantitative estimate of drug-likeness (QED) is 0.331. The van der Waals surface area contributed by atoms with Crippen LogP contribution in [0.5, 0.6) is 0 Å². The maximum absolute atomic E-state index is 4.09. The van der Waals surface area contributed by atoms with Gasteiger partial charge in [0.1, 0.15) is 0 Å². The minimum atomic E-state index is 0. The summed E-state index contributed by atoms with van der Waals surface area (Å²) in [6, 6.07) is 14.1. The van der Waals surface area contributed by atoms with Gasteiger partial charge >= 0.3 is 0 Å². The SMILES string of the molecule is Cn1cccc1CNCCSc1nnnn1-c1ccccc1.[Cl-].[Cl-]. The predicted octanol–water partition coefficient (Wildman–Crippen LogP) is -4.11. The Morgan fingerprint density at radius 3 is 2.58 bits per heavy atom. The molecule has 0 spiro atoms. The molecule has 0 bridgehead atoms. The highest BCUT2D eigenvalue weighted by Crippen LogP contribution is 2.17. The number of para-hydroxylation sites is 1. The zero-order valence-electron chi connectivity index (χ0n) is 13.1. The van der Waals surface area contributed by atoms with E-state index in [2.05, 4.69) is 50.8 Å². The first-order valence-corrected chi connectivity index (χ1v) is 8.10. The van der Waals surface area contributed by atoms with Gasteiger partial charge in [-0.05, 0) is 34.7 Å². The Hall–Kier alpha value is -1.54. The second-order valence-corrected chi connectivity index (χ2v) is 5.91. The van der Waals surface area contributed by atoms with Crippen molar-refractivity contribution in [2.75, 3.05) is 12.3 Å². The molecule has 2 aromatic heterocycles. The van der Waals surface area contributed by atoms with Gasteiger partial charge < -0.3 is 34.7 Å². The lowest BCUT2D eigenvalue weighted by Crippen LogP contribution is -3.00. The molecule has 0 radical (unpaired) electrons. The number of halogens is 2. The van der Waals surface area contributed by atoms with Crippen molar-refractivity contribution in [3.05, 3.63) is 54.4 Å². The molecule has 130 valence electrons. The Morgan fingerprint density at radius 1 is 1.08 bits per heavy atom. The van der Waals surface area contributed by atoms with Crippen LogP contribution in [0.2, 0.25) is 0 Å². The molecule has 9 heteroatoms. The van der Waals surface area contributed by atoms with Gasteiger partial charge in [-0.25, -0.2) is 0 Å². The highest BCUT2D eigenvalue weighted by molar-refractivity contribution is 7.99. The molecule has 0 unspecified atom stereocenters. The molecule has 0 aliphatic heterocycles. The second kappa shape index (κ2) is 10.4. The number of nitrogens with zero attached hydrogens (tertiary/aromatic N) is 5. The van der Waals surface area contributed by atoms with Crippen LogP contribution in [0, 0.1) is 0 Å². The molecule has 6 nitrogen and oxygen atoms in total. The molecule has 1 N–H and O–H groups in total. The minimum Gasteiger partial charge on any atom is -1.00 e. The summed E-state index contributed by atoms with van der Waals surface area (Å²) in [6.45, 7) is 1.77. The first-order valence-electron chi connectivity index (χ1n) is 7.12. The lowest BCUT2D eigenvalue weighted by Gasteiger charge is -2.06. The lowest BCUT2D eigenvalue weighted by molar-refractivity contribution is -0.001000. The Morgan fingerprint density at radius 2 is 1.88 bits per heavy atom. The van der Waals surface area contributed by atoms with E-state index in [9.17, 15) is 0 Å². The van der Waals surface area contributed by atoms with Crippen molar-refractivity contribution in [2.45, 2.75) is 11.7 Å². The third-order valence-corrected chi connectivity index (χ3v) is 4.23. The summed E-state index contributed by atoms with van der Waals surface area (Å²) < 4.78 is 3.89. The number of hydrogen-bond donors (Lipinski definition) is 1. The fourth-order valence-corrected chi connectivity index (χ4v) is 2.90. The standard InChI is InChI=1S/C15H18N6S.2ClH/c1-20-10-5-8-14(20)12-16-9-11-22-15-17-18-19-21(15)13-6-3-2-4-7-13;;/h2-8,10,16H,9,11-12H2,1H3;2*1H/p-2.